The smallest absolute Gasteiger partial charge is 0.128 e. The van der Waals surface area contributed by atoms with E-state index in [-0.39, 0.29) is 0 Å². The third kappa shape index (κ3) is 4.32. The van der Waals surface area contributed by atoms with Gasteiger partial charge in [0.2, 0.25) is 0 Å². The van der Waals surface area contributed by atoms with Gasteiger partial charge in [0.1, 0.15) is 5.82 Å². The van der Waals surface area contributed by atoms with Gasteiger partial charge in [0.05, 0.1) is 0 Å². The fourth-order valence-corrected chi connectivity index (χ4v) is 1.71. The standard InChI is InChI=1S/C13H24N4/c1-4-17(5-2)9-8-16(3)13-7-6-12(10-14)11-15-13/h6-7,11H,4-5,8-10,14H2,1-3H3. The molecule has 1 aromatic rings. The molecule has 0 unspecified atom stereocenters. The summed E-state index contributed by atoms with van der Waals surface area (Å²) in [6, 6.07) is 4.07. The minimum Gasteiger partial charge on any atom is -0.358 e. The van der Waals surface area contributed by atoms with Gasteiger partial charge in [0.25, 0.3) is 0 Å². The number of nitrogens with zero attached hydrogens (tertiary/aromatic N) is 3. The topological polar surface area (TPSA) is 45.4 Å². The zero-order valence-electron chi connectivity index (χ0n) is 11.2. The molecule has 0 saturated carbocycles. The normalized spacial score (nSPS) is 10.9. The van der Waals surface area contributed by atoms with Crippen LogP contribution in [0.1, 0.15) is 19.4 Å². The third-order valence-corrected chi connectivity index (χ3v) is 3.08. The van der Waals surface area contributed by atoms with Gasteiger partial charge in [-0.2, -0.15) is 0 Å². The summed E-state index contributed by atoms with van der Waals surface area (Å²) in [5, 5.41) is 0. The molecule has 2 N–H and O–H groups in total. The number of aromatic nitrogens is 1. The summed E-state index contributed by atoms with van der Waals surface area (Å²) < 4.78 is 0. The first-order chi connectivity index (χ1) is 8.21. The Morgan fingerprint density at radius 1 is 1.18 bits per heavy atom. The SMILES string of the molecule is CCN(CC)CCN(C)c1ccc(CN)cn1. The second kappa shape index (κ2) is 7.25. The van der Waals surface area contributed by atoms with Crippen LogP contribution in [0.25, 0.3) is 0 Å². The maximum atomic E-state index is 5.55. The first-order valence-electron chi connectivity index (χ1n) is 6.29. The zero-order chi connectivity index (χ0) is 12.7. The Balaban J connectivity index is 2.48. The highest BCUT2D eigenvalue weighted by atomic mass is 15.2. The van der Waals surface area contributed by atoms with Crippen molar-refractivity contribution >= 4 is 5.82 Å². The number of likely N-dealkylation sites (N-methyl/N-ethyl adjacent to an activating group) is 2. The van der Waals surface area contributed by atoms with E-state index in [9.17, 15) is 0 Å². The van der Waals surface area contributed by atoms with E-state index in [1.807, 2.05) is 18.3 Å². The van der Waals surface area contributed by atoms with E-state index in [0.717, 1.165) is 37.6 Å². The van der Waals surface area contributed by atoms with Crippen molar-refractivity contribution in [3.63, 3.8) is 0 Å². The van der Waals surface area contributed by atoms with E-state index in [4.69, 9.17) is 5.73 Å². The van der Waals surface area contributed by atoms with Crippen molar-refractivity contribution in [3.8, 4) is 0 Å². The number of hydrogen-bond acceptors (Lipinski definition) is 4. The molecule has 0 fully saturated rings. The lowest BCUT2D eigenvalue weighted by atomic mass is 10.3. The van der Waals surface area contributed by atoms with E-state index >= 15 is 0 Å². The fraction of sp³-hybridized carbons (Fsp3) is 0.615. The summed E-state index contributed by atoms with van der Waals surface area (Å²) in [7, 11) is 2.08. The van der Waals surface area contributed by atoms with Gasteiger partial charge in [-0.1, -0.05) is 19.9 Å². The number of pyridine rings is 1. The molecular weight excluding hydrogens is 212 g/mol. The van der Waals surface area contributed by atoms with Gasteiger partial charge in [0.15, 0.2) is 0 Å². The van der Waals surface area contributed by atoms with Crippen LogP contribution in [0.3, 0.4) is 0 Å². The van der Waals surface area contributed by atoms with Crippen LogP contribution in [-0.4, -0.2) is 43.1 Å². The van der Waals surface area contributed by atoms with Crippen LogP contribution in [0.4, 0.5) is 5.82 Å². The van der Waals surface area contributed by atoms with E-state index < -0.39 is 0 Å². The minimum atomic E-state index is 0.552. The highest BCUT2D eigenvalue weighted by molar-refractivity contribution is 5.38. The van der Waals surface area contributed by atoms with Crippen LogP contribution < -0.4 is 10.6 Å². The lowest BCUT2D eigenvalue weighted by Gasteiger charge is -2.23. The van der Waals surface area contributed by atoms with Crippen LogP contribution in [0.5, 0.6) is 0 Å². The Labute approximate surface area is 104 Å². The summed E-state index contributed by atoms with van der Waals surface area (Å²) in [6.07, 6.45) is 1.85. The summed E-state index contributed by atoms with van der Waals surface area (Å²) >= 11 is 0. The molecule has 96 valence electrons. The van der Waals surface area contributed by atoms with Gasteiger partial charge in [0, 0.05) is 32.9 Å². The first kappa shape index (κ1) is 13.9. The fourth-order valence-electron chi connectivity index (χ4n) is 1.71. The van der Waals surface area contributed by atoms with Gasteiger partial charge in [-0.25, -0.2) is 4.98 Å². The van der Waals surface area contributed by atoms with Crippen molar-refractivity contribution in [1.82, 2.24) is 9.88 Å². The molecule has 0 aliphatic heterocycles. The molecule has 1 aromatic heterocycles. The molecule has 0 aliphatic rings. The van der Waals surface area contributed by atoms with Crippen LogP contribution in [0.15, 0.2) is 18.3 Å². The molecule has 0 atom stereocenters. The highest BCUT2D eigenvalue weighted by Gasteiger charge is 2.04. The lowest BCUT2D eigenvalue weighted by Crippen LogP contribution is -2.33. The molecule has 0 spiro atoms. The van der Waals surface area contributed by atoms with Crippen molar-refractivity contribution in [2.75, 3.05) is 38.1 Å². The molecule has 17 heavy (non-hydrogen) atoms. The van der Waals surface area contributed by atoms with E-state index in [2.05, 4.69) is 35.7 Å². The van der Waals surface area contributed by atoms with Crippen molar-refractivity contribution in [3.05, 3.63) is 23.9 Å². The van der Waals surface area contributed by atoms with Gasteiger partial charge in [-0.05, 0) is 24.7 Å². The summed E-state index contributed by atoms with van der Waals surface area (Å²) in [5.74, 6) is 1.01. The molecule has 0 aromatic carbocycles. The van der Waals surface area contributed by atoms with Crippen molar-refractivity contribution in [2.24, 2.45) is 5.73 Å². The zero-order valence-corrected chi connectivity index (χ0v) is 11.2. The van der Waals surface area contributed by atoms with Gasteiger partial charge in [-0.15, -0.1) is 0 Å². The molecule has 0 saturated heterocycles. The minimum absolute atomic E-state index is 0.552. The molecule has 0 radical (unpaired) electrons. The number of hydrogen-bond donors (Lipinski definition) is 1. The molecule has 4 nitrogen and oxygen atoms in total. The molecular formula is C13H24N4. The van der Waals surface area contributed by atoms with E-state index in [1.54, 1.807) is 0 Å². The van der Waals surface area contributed by atoms with Crippen LogP contribution >= 0.6 is 0 Å². The Morgan fingerprint density at radius 2 is 1.88 bits per heavy atom. The predicted octanol–water partition coefficient (Wildman–Crippen LogP) is 1.32. The first-order valence-corrected chi connectivity index (χ1v) is 6.29. The summed E-state index contributed by atoms with van der Waals surface area (Å²) in [6.45, 7) is 9.21. The number of rotatable bonds is 7. The third-order valence-electron chi connectivity index (χ3n) is 3.08. The van der Waals surface area contributed by atoms with E-state index in [0.29, 0.717) is 6.54 Å². The van der Waals surface area contributed by atoms with Crippen molar-refractivity contribution in [2.45, 2.75) is 20.4 Å². The molecule has 0 amide bonds. The molecule has 1 heterocycles. The Bertz CT molecular complexity index is 306. The maximum Gasteiger partial charge on any atom is 0.128 e. The quantitative estimate of drug-likeness (QED) is 0.775. The average Bonchev–Trinajstić information content (AvgIpc) is 2.39. The van der Waals surface area contributed by atoms with Gasteiger partial charge < -0.3 is 15.5 Å². The van der Waals surface area contributed by atoms with Gasteiger partial charge in [-0.3, -0.25) is 0 Å². The molecule has 4 heteroatoms. The summed E-state index contributed by atoms with van der Waals surface area (Å²) in [5.41, 5.74) is 6.63. The Kier molecular flexibility index (Phi) is 5.94. The largest absolute Gasteiger partial charge is 0.358 e. The second-order valence-corrected chi connectivity index (χ2v) is 4.18. The predicted molar refractivity (Wildman–Crippen MR) is 73.2 cm³/mol. The average molecular weight is 236 g/mol. The molecule has 0 bridgehead atoms. The summed E-state index contributed by atoms with van der Waals surface area (Å²) in [4.78, 5) is 8.99. The highest BCUT2D eigenvalue weighted by Crippen LogP contribution is 2.09. The van der Waals surface area contributed by atoms with Crippen molar-refractivity contribution in [1.29, 1.82) is 0 Å². The van der Waals surface area contributed by atoms with Crippen LogP contribution in [0.2, 0.25) is 0 Å². The molecule has 1 rings (SSSR count). The van der Waals surface area contributed by atoms with E-state index in [1.165, 1.54) is 0 Å². The van der Waals surface area contributed by atoms with Crippen LogP contribution in [0, 0.1) is 0 Å². The molecule has 0 aliphatic carbocycles. The van der Waals surface area contributed by atoms with Crippen molar-refractivity contribution < 1.29 is 0 Å². The Morgan fingerprint density at radius 3 is 2.35 bits per heavy atom. The van der Waals surface area contributed by atoms with Gasteiger partial charge >= 0.3 is 0 Å². The number of nitrogens with two attached hydrogens (primary N) is 1. The maximum absolute atomic E-state index is 5.55. The Hall–Kier alpha value is -1.13. The lowest BCUT2D eigenvalue weighted by molar-refractivity contribution is 0.311. The number of anilines is 1. The monoisotopic (exact) mass is 236 g/mol. The van der Waals surface area contributed by atoms with Crippen LogP contribution in [-0.2, 0) is 6.54 Å². The second-order valence-electron chi connectivity index (χ2n) is 4.18.